The number of aryl methyl sites for hydroxylation is 1. The van der Waals surface area contributed by atoms with Crippen LogP contribution in [-0.4, -0.2) is 23.3 Å². The van der Waals surface area contributed by atoms with Crippen molar-refractivity contribution < 1.29 is 19.7 Å². The van der Waals surface area contributed by atoms with Crippen molar-refractivity contribution in [2.75, 3.05) is 7.11 Å². The van der Waals surface area contributed by atoms with Crippen molar-refractivity contribution >= 4 is 5.97 Å². The van der Waals surface area contributed by atoms with Gasteiger partial charge in [0, 0.05) is 5.56 Å². The molecule has 0 radical (unpaired) electrons. The minimum absolute atomic E-state index is 0.278. The summed E-state index contributed by atoms with van der Waals surface area (Å²) in [5.74, 6) is -0.865. The number of hydrogen-bond donors (Lipinski definition) is 2. The molecule has 0 fully saturated rings. The number of aliphatic hydroxyl groups is 1. The monoisotopic (exact) mass is 196 g/mol. The Labute approximate surface area is 81.8 Å². The molecule has 1 aromatic carbocycles. The summed E-state index contributed by atoms with van der Waals surface area (Å²) in [4.78, 5) is 10.6. The Balaban J connectivity index is 3.20. The van der Waals surface area contributed by atoms with Crippen LogP contribution in [0.3, 0.4) is 0 Å². The van der Waals surface area contributed by atoms with Crippen LogP contribution in [0.1, 0.15) is 17.2 Å². The van der Waals surface area contributed by atoms with Crippen molar-refractivity contribution in [3.63, 3.8) is 0 Å². The smallest absolute Gasteiger partial charge is 0.337 e. The van der Waals surface area contributed by atoms with Gasteiger partial charge in [0.2, 0.25) is 0 Å². The molecule has 0 aliphatic heterocycles. The lowest BCUT2D eigenvalue weighted by molar-refractivity contribution is -0.147. The lowest BCUT2D eigenvalue weighted by Gasteiger charge is -2.13. The zero-order valence-corrected chi connectivity index (χ0v) is 8.02. The molecule has 0 aromatic heterocycles. The predicted molar refractivity (Wildman–Crippen MR) is 50.3 cm³/mol. The Morgan fingerprint density at radius 2 is 2.14 bits per heavy atom. The second kappa shape index (κ2) is 4.11. The Kier molecular flexibility index (Phi) is 3.09. The van der Waals surface area contributed by atoms with E-state index in [0.29, 0.717) is 5.75 Å². The van der Waals surface area contributed by atoms with E-state index in [4.69, 9.17) is 9.84 Å². The molecule has 14 heavy (non-hydrogen) atoms. The van der Waals surface area contributed by atoms with E-state index in [2.05, 4.69) is 0 Å². The fourth-order valence-electron chi connectivity index (χ4n) is 1.30. The highest BCUT2D eigenvalue weighted by molar-refractivity contribution is 5.75. The highest BCUT2D eigenvalue weighted by Gasteiger charge is 2.20. The van der Waals surface area contributed by atoms with E-state index in [-0.39, 0.29) is 5.56 Å². The van der Waals surface area contributed by atoms with E-state index in [1.807, 2.05) is 0 Å². The average molecular weight is 196 g/mol. The van der Waals surface area contributed by atoms with E-state index in [1.165, 1.54) is 13.2 Å². The lowest BCUT2D eigenvalue weighted by Crippen LogP contribution is -2.12. The first-order chi connectivity index (χ1) is 6.57. The third kappa shape index (κ3) is 1.85. The van der Waals surface area contributed by atoms with Crippen LogP contribution in [-0.2, 0) is 4.79 Å². The van der Waals surface area contributed by atoms with Gasteiger partial charge in [0.1, 0.15) is 5.75 Å². The fourth-order valence-corrected chi connectivity index (χ4v) is 1.30. The molecule has 0 spiro atoms. The van der Waals surface area contributed by atoms with Crippen molar-refractivity contribution in [1.82, 2.24) is 0 Å². The maximum Gasteiger partial charge on any atom is 0.337 e. The van der Waals surface area contributed by atoms with Crippen LogP contribution in [0.25, 0.3) is 0 Å². The van der Waals surface area contributed by atoms with Gasteiger partial charge in [0.05, 0.1) is 7.11 Å². The van der Waals surface area contributed by atoms with Gasteiger partial charge >= 0.3 is 5.97 Å². The van der Waals surface area contributed by atoms with Crippen molar-refractivity contribution in [2.45, 2.75) is 13.0 Å². The molecule has 0 amide bonds. The molecule has 1 rings (SSSR count). The molecule has 0 saturated carbocycles. The number of carboxylic acid groups (broad SMARTS) is 1. The normalized spacial score (nSPS) is 12.2. The Morgan fingerprint density at radius 3 is 2.64 bits per heavy atom. The average Bonchev–Trinajstić information content (AvgIpc) is 2.16. The number of methoxy groups -OCH3 is 1. The summed E-state index contributed by atoms with van der Waals surface area (Å²) in [6.07, 6.45) is -1.54. The molecule has 4 nitrogen and oxygen atoms in total. The molecular weight excluding hydrogens is 184 g/mol. The molecule has 1 aromatic rings. The summed E-state index contributed by atoms with van der Waals surface area (Å²) >= 11 is 0. The summed E-state index contributed by atoms with van der Waals surface area (Å²) in [7, 11) is 1.44. The summed E-state index contributed by atoms with van der Waals surface area (Å²) in [6.45, 7) is 1.79. The third-order valence-electron chi connectivity index (χ3n) is 1.97. The fraction of sp³-hybridized carbons (Fsp3) is 0.300. The highest BCUT2D eigenvalue weighted by atomic mass is 16.5. The third-order valence-corrected chi connectivity index (χ3v) is 1.97. The zero-order valence-electron chi connectivity index (χ0n) is 8.02. The Bertz CT molecular complexity index is 346. The second-order valence-electron chi connectivity index (χ2n) is 2.94. The molecule has 2 N–H and O–H groups in total. The maximum atomic E-state index is 10.6. The van der Waals surface area contributed by atoms with E-state index in [0.717, 1.165) is 5.56 Å². The van der Waals surface area contributed by atoms with Gasteiger partial charge in [-0.25, -0.2) is 4.79 Å². The van der Waals surface area contributed by atoms with Crippen molar-refractivity contribution in [2.24, 2.45) is 0 Å². The predicted octanol–water partition coefficient (Wildman–Crippen LogP) is 1.12. The van der Waals surface area contributed by atoms with Crippen LogP contribution in [0, 0.1) is 6.92 Å². The largest absolute Gasteiger partial charge is 0.496 e. The van der Waals surface area contributed by atoms with Crippen LogP contribution in [0.2, 0.25) is 0 Å². The molecule has 76 valence electrons. The molecule has 0 aliphatic carbocycles. The molecule has 1 unspecified atom stereocenters. The molecular formula is C10H12O4. The van der Waals surface area contributed by atoms with Gasteiger partial charge in [-0.05, 0) is 12.5 Å². The van der Waals surface area contributed by atoms with Gasteiger partial charge in [0.15, 0.2) is 6.10 Å². The van der Waals surface area contributed by atoms with Crippen molar-refractivity contribution in [1.29, 1.82) is 0 Å². The molecule has 1 atom stereocenters. The number of carboxylic acids is 1. The minimum atomic E-state index is -1.54. The number of carbonyl (C=O) groups is 1. The van der Waals surface area contributed by atoms with E-state index in [9.17, 15) is 9.90 Å². The molecule has 0 saturated heterocycles. The molecule has 0 bridgehead atoms. The van der Waals surface area contributed by atoms with Crippen molar-refractivity contribution in [3.8, 4) is 5.75 Å². The minimum Gasteiger partial charge on any atom is -0.496 e. The second-order valence-corrected chi connectivity index (χ2v) is 2.94. The number of ether oxygens (including phenoxy) is 1. The zero-order chi connectivity index (χ0) is 10.7. The van der Waals surface area contributed by atoms with Gasteiger partial charge < -0.3 is 14.9 Å². The van der Waals surface area contributed by atoms with Crippen molar-refractivity contribution in [3.05, 3.63) is 29.3 Å². The number of aliphatic hydroxyl groups excluding tert-OH is 1. The van der Waals surface area contributed by atoms with Gasteiger partial charge in [-0.15, -0.1) is 0 Å². The Morgan fingerprint density at radius 1 is 1.50 bits per heavy atom. The van der Waals surface area contributed by atoms with Crippen LogP contribution < -0.4 is 4.74 Å². The molecule has 0 heterocycles. The van der Waals surface area contributed by atoms with E-state index in [1.54, 1.807) is 19.1 Å². The van der Waals surface area contributed by atoms with E-state index >= 15 is 0 Å². The first-order valence-electron chi connectivity index (χ1n) is 4.12. The SMILES string of the molecule is COc1c(C)cccc1C(O)C(=O)O. The molecule has 4 heteroatoms. The van der Waals surface area contributed by atoms with Gasteiger partial charge in [-0.1, -0.05) is 18.2 Å². The van der Waals surface area contributed by atoms with E-state index < -0.39 is 12.1 Å². The topological polar surface area (TPSA) is 66.8 Å². The summed E-state index contributed by atoms with van der Waals surface area (Å²) in [5, 5.41) is 18.0. The number of para-hydroxylation sites is 1. The Hall–Kier alpha value is -1.55. The quantitative estimate of drug-likeness (QED) is 0.760. The van der Waals surface area contributed by atoms with Crippen LogP contribution in [0.15, 0.2) is 18.2 Å². The molecule has 0 aliphatic rings. The highest BCUT2D eigenvalue weighted by Crippen LogP contribution is 2.28. The van der Waals surface area contributed by atoms with Crippen LogP contribution >= 0.6 is 0 Å². The summed E-state index contributed by atoms with van der Waals surface area (Å²) in [6, 6.07) is 5.00. The standard InChI is InChI=1S/C10H12O4/c1-6-4-3-5-7(9(6)14-2)8(11)10(12)13/h3-5,8,11H,1-2H3,(H,12,13). The lowest BCUT2D eigenvalue weighted by atomic mass is 10.0. The van der Waals surface area contributed by atoms with Gasteiger partial charge in [-0.3, -0.25) is 0 Å². The number of benzene rings is 1. The summed E-state index contributed by atoms with van der Waals surface area (Å²) in [5.41, 5.74) is 1.07. The first kappa shape index (κ1) is 10.5. The van der Waals surface area contributed by atoms with Gasteiger partial charge in [0.25, 0.3) is 0 Å². The number of rotatable bonds is 3. The first-order valence-corrected chi connectivity index (χ1v) is 4.12. The number of aliphatic carboxylic acids is 1. The number of hydrogen-bond acceptors (Lipinski definition) is 3. The van der Waals surface area contributed by atoms with Gasteiger partial charge in [-0.2, -0.15) is 0 Å². The van der Waals surface area contributed by atoms with Crippen LogP contribution in [0.5, 0.6) is 5.75 Å². The van der Waals surface area contributed by atoms with Crippen LogP contribution in [0.4, 0.5) is 0 Å². The summed E-state index contributed by atoms with van der Waals surface area (Å²) < 4.78 is 5.02. The maximum absolute atomic E-state index is 10.6.